The Morgan fingerprint density at radius 3 is 2.24 bits per heavy atom. The third-order valence-electron chi connectivity index (χ3n) is 8.87. The molecule has 7 rings (SSSR count). The highest BCUT2D eigenvalue weighted by molar-refractivity contribution is 5.77. The van der Waals surface area contributed by atoms with Crippen LogP contribution in [-0.4, -0.2) is 91.7 Å². The van der Waals surface area contributed by atoms with Gasteiger partial charge in [0.1, 0.15) is 11.4 Å². The van der Waals surface area contributed by atoms with Crippen LogP contribution in [0.5, 0.6) is 0 Å². The third-order valence-corrected chi connectivity index (χ3v) is 8.87. The van der Waals surface area contributed by atoms with Gasteiger partial charge in [-0.15, -0.1) is 10.2 Å². The SMILES string of the molecule is CN1CCOCC1c1nnc(-c2ccccc2)c(-c2ccc(CN3CCC(n4c(=O)[nH]c5ccccc54)CC3)cc2)n1.O=C(O)C(F)(F)F. The molecule has 256 valence electrons. The molecule has 11 nitrogen and oxygen atoms in total. The van der Waals surface area contributed by atoms with Crippen LogP contribution in [0.25, 0.3) is 33.5 Å². The number of benzene rings is 3. The summed E-state index contributed by atoms with van der Waals surface area (Å²) in [6.07, 6.45) is -3.18. The second kappa shape index (κ2) is 14.7. The zero-order valence-electron chi connectivity index (χ0n) is 26.8. The fraction of sp³-hybridized carbons (Fsp3) is 0.343. The molecule has 14 heteroatoms. The zero-order chi connectivity index (χ0) is 34.5. The van der Waals surface area contributed by atoms with E-state index in [1.807, 2.05) is 59.2 Å². The van der Waals surface area contributed by atoms with Crippen molar-refractivity contribution < 1.29 is 27.8 Å². The van der Waals surface area contributed by atoms with E-state index >= 15 is 0 Å². The maximum Gasteiger partial charge on any atom is 0.490 e. The Labute approximate surface area is 280 Å². The van der Waals surface area contributed by atoms with Gasteiger partial charge in [0.2, 0.25) is 0 Å². The van der Waals surface area contributed by atoms with Crippen molar-refractivity contribution in [1.82, 2.24) is 34.5 Å². The average Bonchev–Trinajstić information content (AvgIpc) is 3.45. The number of likely N-dealkylation sites (tertiary alicyclic amines) is 1. The number of nitrogens with zero attached hydrogens (tertiary/aromatic N) is 6. The van der Waals surface area contributed by atoms with Crippen molar-refractivity contribution in [3.63, 3.8) is 0 Å². The normalized spacial score (nSPS) is 17.8. The maximum atomic E-state index is 12.7. The molecule has 5 aromatic rings. The number of imidazole rings is 1. The molecule has 0 bridgehead atoms. The first-order valence-corrected chi connectivity index (χ1v) is 16.0. The van der Waals surface area contributed by atoms with Crippen LogP contribution in [0.3, 0.4) is 0 Å². The first kappa shape index (κ1) is 34.0. The number of carboxylic acid groups (broad SMARTS) is 1. The van der Waals surface area contributed by atoms with Crippen LogP contribution in [0.1, 0.15) is 36.3 Å². The highest BCUT2D eigenvalue weighted by Gasteiger charge is 2.38. The number of carboxylic acids is 1. The molecule has 2 fully saturated rings. The molecule has 0 spiro atoms. The van der Waals surface area contributed by atoms with Gasteiger partial charge in [-0.3, -0.25) is 14.4 Å². The van der Waals surface area contributed by atoms with Crippen LogP contribution in [0.15, 0.2) is 83.7 Å². The van der Waals surface area contributed by atoms with E-state index in [1.54, 1.807) is 0 Å². The van der Waals surface area contributed by atoms with Crippen LogP contribution in [0.4, 0.5) is 13.2 Å². The quantitative estimate of drug-likeness (QED) is 0.246. The van der Waals surface area contributed by atoms with E-state index in [4.69, 9.17) is 19.6 Å². The Morgan fingerprint density at radius 2 is 1.57 bits per heavy atom. The number of hydrogen-bond donors (Lipinski definition) is 2. The van der Waals surface area contributed by atoms with E-state index in [-0.39, 0.29) is 17.8 Å². The molecule has 0 amide bonds. The maximum absolute atomic E-state index is 12.7. The molecular weight excluding hydrogens is 639 g/mol. The fourth-order valence-electron chi connectivity index (χ4n) is 6.23. The molecule has 0 saturated carbocycles. The number of hydrogen-bond acceptors (Lipinski definition) is 8. The molecule has 1 unspecified atom stereocenters. The molecule has 3 aromatic carbocycles. The lowest BCUT2D eigenvalue weighted by Crippen LogP contribution is -2.37. The van der Waals surface area contributed by atoms with Gasteiger partial charge in [0.05, 0.1) is 30.3 Å². The number of aromatic nitrogens is 5. The van der Waals surface area contributed by atoms with Gasteiger partial charge in [0.15, 0.2) is 5.82 Å². The number of aliphatic carboxylic acids is 1. The van der Waals surface area contributed by atoms with Crippen molar-refractivity contribution in [3.8, 4) is 22.5 Å². The second-order valence-corrected chi connectivity index (χ2v) is 12.1. The summed E-state index contributed by atoms with van der Waals surface area (Å²) < 4.78 is 39.4. The zero-order valence-corrected chi connectivity index (χ0v) is 26.8. The largest absolute Gasteiger partial charge is 0.490 e. The Kier molecular flexibility index (Phi) is 10.2. The summed E-state index contributed by atoms with van der Waals surface area (Å²) in [5, 5.41) is 16.3. The summed E-state index contributed by atoms with van der Waals surface area (Å²) in [5.41, 5.74) is 6.78. The van der Waals surface area contributed by atoms with Gasteiger partial charge in [-0.25, -0.2) is 14.6 Å². The average molecular weight is 676 g/mol. The van der Waals surface area contributed by atoms with E-state index in [2.05, 4.69) is 56.3 Å². The first-order valence-electron chi connectivity index (χ1n) is 16.0. The molecule has 0 radical (unpaired) electrons. The molecule has 2 saturated heterocycles. The van der Waals surface area contributed by atoms with Crippen molar-refractivity contribution >= 4 is 17.0 Å². The summed E-state index contributed by atoms with van der Waals surface area (Å²) in [7, 11) is 2.08. The molecule has 2 N–H and O–H groups in total. The molecule has 4 heterocycles. The summed E-state index contributed by atoms with van der Waals surface area (Å²) >= 11 is 0. The van der Waals surface area contributed by atoms with Gasteiger partial charge in [-0.05, 0) is 37.6 Å². The Morgan fingerprint density at radius 1 is 0.918 bits per heavy atom. The standard InChI is InChI=1S/C33H35N7O2.C2HF3O2/c1-38-19-20-42-22-29(38)32-35-30(31(36-37-32)24-7-3-2-4-8-24)25-13-11-23(12-14-25)21-39-17-15-26(16-18-39)40-28-10-6-5-9-27(28)34-33(40)41;3-2(4,5)1(6)7/h2-14,26,29H,15-22H2,1H3,(H,34,41);(H,6,7). The Balaban J connectivity index is 0.000000540. The van der Waals surface area contributed by atoms with Gasteiger partial charge in [-0.2, -0.15) is 13.2 Å². The monoisotopic (exact) mass is 675 g/mol. The van der Waals surface area contributed by atoms with Crippen molar-refractivity contribution in [2.45, 2.75) is 37.6 Å². The van der Waals surface area contributed by atoms with Crippen LogP contribution >= 0.6 is 0 Å². The fourth-order valence-corrected chi connectivity index (χ4v) is 6.23. The number of nitrogens with one attached hydrogen (secondary N) is 1. The van der Waals surface area contributed by atoms with E-state index in [0.29, 0.717) is 12.4 Å². The lowest BCUT2D eigenvalue weighted by atomic mass is 10.0. The minimum Gasteiger partial charge on any atom is -0.475 e. The number of alkyl halides is 3. The number of morpholine rings is 1. The second-order valence-electron chi connectivity index (χ2n) is 12.1. The van der Waals surface area contributed by atoms with Gasteiger partial charge >= 0.3 is 17.8 Å². The number of aromatic amines is 1. The summed E-state index contributed by atoms with van der Waals surface area (Å²) in [6, 6.07) is 27.0. The van der Waals surface area contributed by atoms with Crippen molar-refractivity contribution in [2.75, 3.05) is 39.9 Å². The van der Waals surface area contributed by atoms with Crippen LogP contribution < -0.4 is 5.69 Å². The highest BCUT2D eigenvalue weighted by atomic mass is 19.4. The Bertz CT molecular complexity index is 1940. The number of H-pyrrole nitrogens is 1. The number of carbonyl (C=O) groups is 1. The minimum absolute atomic E-state index is 0.00913. The van der Waals surface area contributed by atoms with Gasteiger partial charge < -0.3 is 14.8 Å². The van der Waals surface area contributed by atoms with E-state index in [9.17, 15) is 18.0 Å². The number of rotatable bonds is 6. The number of para-hydroxylation sites is 2. The van der Waals surface area contributed by atoms with Gasteiger partial charge in [-0.1, -0.05) is 66.7 Å². The number of ether oxygens (including phenoxy) is 1. The Hall–Kier alpha value is -4.92. The van der Waals surface area contributed by atoms with Crippen LogP contribution in [0.2, 0.25) is 0 Å². The van der Waals surface area contributed by atoms with Crippen molar-refractivity contribution in [2.24, 2.45) is 0 Å². The lowest BCUT2D eigenvalue weighted by Gasteiger charge is -2.32. The predicted octanol–water partition coefficient (Wildman–Crippen LogP) is 5.32. The van der Waals surface area contributed by atoms with Crippen LogP contribution in [0, 0.1) is 0 Å². The molecule has 2 aliphatic rings. The lowest BCUT2D eigenvalue weighted by molar-refractivity contribution is -0.192. The molecule has 2 aliphatic heterocycles. The first-order chi connectivity index (χ1) is 23.6. The summed E-state index contributed by atoms with van der Waals surface area (Å²) in [5.74, 6) is -2.07. The van der Waals surface area contributed by atoms with E-state index in [0.717, 1.165) is 79.2 Å². The number of halogens is 3. The predicted molar refractivity (Wildman–Crippen MR) is 177 cm³/mol. The molecular formula is C35H36F3N7O4. The smallest absolute Gasteiger partial charge is 0.475 e. The molecule has 0 aliphatic carbocycles. The molecule has 49 heavy (non-hydrogen) atoms. The summed E-state index contributed by atoms with van der Waals surface area (Å²) in [4.78, 5) is 34.3. The van der Waals surface area contributed by atoms with Gasteiger partial charge in [0.25, 0.3) is 0 Å². The molecule has 1 atom stereocenters. The highest BCUT2D eigenvalue weighted by Crippen LogP contribution is 2.31. The van der Waals surface area contributed by atoms with Crippen molar-refractivity contribution in [3.05, 3.63) is 101 Å². The van der Waals surface area contributed by atoms with Crippen molar-refractivity contribution in [1.29, 1.82) is 0 Å². The van der Waals surface area contributed by atoms with Crippen LogP contribution in [-0.2, 0) is 16.1 Å². The van der Waals surface area contributed by atoms with E-state index < -0.39 is 12.1 Å². The summed E-state index contributed by atoms with van der Waals surface area (Å²) in [6.45, 7) is 4.90. The topological polar surface area (TPSA) is 129 Å². The van der Waals surface area contributed by atoms with E-state index in [1.165, 1.54) is 5.56 Å². The third kappa shape index (κ3) is 7.88. The number of fused-ring (bicyclic) bond motifs is 1. The number of piperidine rings is 1. The van der Waals surface area contributed by atoms with Gasteiger partial charge in [0, 0.05) is 43.3 Å². The molecule has 2 aromatic heterocycles. The number of likely N-dealkylation sites (N-methyl/N-ethyl adjacent to an activating group) is 1. The minimum atomic E-state index is -5.08.